The van der Waals surface area contributed by atoms with Crippen LogP contribution >= 0.6 is 11.8 Å². The molecule has 1 aromatic heterocycles. The maximum atomic E-state index is 4.41. The standard InChI is InChI=1S/C12H18N2S/c1-15-11-7-8-12(13-9-11)14-10-5-3-2-4-6-10/h7-10H,2-6H2,1H3,(H,13,14). The van der Waals surface area contributed by atoms with E-state index >= 15 is 0 Å². The third-order valence-corrected chi connectivity index (χ3v) is 3.64. The van der Waals surface area contributed by atoms with Crippen molar-refractivity contribution in [2.75, 3.05) is 11.6 Å². The molecule has 15 heavy (non-hydrogen) atoms. The van der Waals surface area contributed by atoms with E-state index in [2.05, 4.69) is 28.7 Å². The van der Waals surface area contributed by atoms with Gasteiger partial charge in [-0.2, -0.15) is 0 Å². The summed E-state index contributed by atoms with van der Waals surface area (Å²) < 4.78 is 0. The molecule has 1 aromatic rings. The van der Waals surface area contributed by atoms with E-state index in [1.54, 1.807) is 11.8 Å². The Morgan fingerprint density at radius 2 is 2.07 bits per heavy atom. The van der Waals surface area contributed by atoms with Gasteiger partial charge in [-0.3, -0.25) is 0 Å². The Morgan fingerprint density at radius 1 is 1.27 bits per heavy atom. The van der Waals surface area contributed by atoms with E-state index in [-0.39, 0.29) is 0 Å². The van der Waals surface area contributed by atoms with Crippen molar-refractivity contribution in [2.45, 2.75) is 43.0 Å². The molecule has 1 fully saturated rings. The first-order valence-electron chi connectivity index (χ1n) is 5.65. The molecule has 1 aliphatic rings. The molecule has 1 N–H and O–H groups in total. The molecule has 0 spiro atoms. The predicted octanol–water partition coefficient (Wildman–Crippen LogP) is 3.55. The van der Waals surface area contributed by atoms with Crippen molar-refractivity contribution < 1.29 is 0 Å². The summed E-state index contributed by atoms with van der Waals surface area (Å²) in [6, 6.07) is 4.86. The average molecular weight is 222 g/mol. The maximum absolute atomic E-state index is 4.41. The summed E-state index contributed by atoms with van der Waals surface area (Å²) in [6.07, 6.45) is 10.7. The second kappa shape index (κ2) is 5.40. The van der Waals surface area contributed by atoms with Crippen LogP contribution in [0.1, 0.15) is 32.1 Å². The molecule has 0 bridgehead atoms. The molecule has 2 rings (SSSR count). The fraction of sp³-hybridized carbons (Fsp3) is 0.583. The van der Waals surface area contributed by atoms with Crippen LogP contribution in [0, 0.1) is 0 Å². The number of hydrogen-bond donors (Lipinski definition) is 1. The number of nitrogens with zero attached hydrogens (tertiary/aromatic N) is 1. The Labute approximate surface area is 95.9 Å². The van der Waals surface area contributed by atoms with Crippen molar-refractivity contribution in [1.82, 2.24) is 4.98 Å². The molecular formula is C12H18N2S. The molecular weight excluding hydrogens is 204 g/mol. The summed E-state index contributed by atoms with van der Waals surface area (Å²) in [5.74, 6) is 1.03. The van der Waals surface area contributed by atoms with Gasteiger partial charge in [0.15, 0.2) is 0 Å². The molecule has 0 aromatic carbocycles. The Hall–Kier alpha value is -0.700. The predicted molar refractivity (Wildman–Crippen MR) is 66.5 cm³/mol. The quantitative estimate of drug-likeness (QED) is 0.792. The molecule has 0 unspecified atom stereocenters. The Balaban J connectivity index is 1.91. The van der Waals surface area contributed by atoms with Crippen LogP contribution in [-0.4, -0.2) is 17.3 Å². The minimum atomic E-state index is 0.645. The van der Waals surface area contributed by atoms with Crippen LogP contribution in [0.5, 0.6) is 0 Å². The van der Waals surface area contributed by atoms with Gasteiger partial charge in [0.1, 0.15) is 5.82 Å². The van der Waals surface area contributed by atoms with Gasteiger partial charge < -0.3 is 5.32 Å². The first-order chi connectivity index (χ1) is 7.38. The molecule has 0 radical (unpaired) electrons. The Bertz CT molecular complexity index is 291. The van der Waals surface area contributed by atoms with E-state index in [1.807, 2.05) is 6.20 Å². The number of thioether (sulfide) groups is 1. The van der Waals surface area contributed by atoms with Gasteiger partial charge in [-0.15, -0.1) is 11.8 Å². The number of aromatic nitrogens is 1. The minimum Gasteiger partial charge on any atom is -0.367 e. The van der Waals surface area contributed by atoms with Gasteiger partial charge >= 0.3 is 0 Å². The SMILES string of the molecule is CSc1ccc(NC2CCCCC2)nc1. The molecule has 0 saturated heterocycles. The van der Waals surface area contributed by atoms with Crippen LogP contribution < -0.4 is 5.32 Å². The normalized spacial score (nSPS) is 17.7. The van der Waals surface area contributed by atoms with Crippen LogP contribution in [0.3, 0.4) is 0 Å². The highest BCUT2D eigenvalue weighted by molar-refractivity contribution is 7.98. The van der Waals surface area contributed by atoms with Crippen LogP contribution in [-0.2, 0) is 0 Å². The highest BCUT2D eigenvalue weighted by Gasteiger charge is 2.12. The average Bonchev–Trinajstić information content (AvgIpc) is 2.31. The topological polar surface area (TPSA) is 24.9 Å². The van der Waals surface area contributed by atoms with Gasteiger partial charge in [0, 0.05) is 17.1 Å². The molecule has 0 amide bonds. The summed E-state index contributed by atoms with van der Waals surface area (Å²) >= 11 is 1.73. The van der Waals surface area contributed by atoms with Crippen LogP contribution in [0.4, 0.5) is 5.82 Å². The van der Waals surface area contributed by atoms with Crippen LogP contribution in [0.2, 0.25) is 0 Å². The van der Waals surface area contributed by atoms with Crippen molar-refractivity contribution in [3.63, 3.8) is 0 Å². The van der Waals surface area contributed by atoms with Crippen LogP contribution in [0.25, 0.3) is 0 Å². The van der Waals surface area contributed by atoms with E-state index in [0.29, 0.717) is 6.04 Å². The highest BCUT2D eigenvalue weighted by Crippen LogP contribution is 2.21. The van der Waals surface area contributed by atoms with Gasteiger partial charge in [-0.05, 0) is 31.2 Å². The third kappa shape index (κ3) is 3.13. The number of rotatable bonds is 3. The number of hydrogen-bond acceptors (Lipinski definition) is 3. The van der Waals surface area contributed by atoms with Crippen molar-refractivity contribution >= 4 is 17.6 Å². The van der Waals surface area contributed by atoms with Crippen LogP contribution in [0.15, 0.2) is 23.2 Å². The summed E-state index contributed by atoms with van der Waals surface area (Å²) in [7, 11) is 0. The van der Waals surface area contributed by atoms with E-state index in [0.717, 1.165) is 5.82 Å². The summed E-state index contributed by atoms with van der Waals surface area (Å²) in [6.45, 7) is 0. The van der Waals surface area contributed by atoms with Crippen molar-refractivity contribution in [3.05, 3.63) is 18.3 Å². The lowest BCUT2D eigenvalue weighted by Gasteiger charge is -2.23. The Kier molecular flexibility index (Phi) is 3.89. The lowest BCUT2D eigenvalue weighted by Crippen LogP contribution is -2.22. The minimum absolute atomic E-state index is 0.645. The van der Waals surface area contributed by atoms with Gasteiger partial charge in [0.2, 0.25) is 0 Å². The third-order valence-electron chi connectivity index (χ3n) is 2.93. The molecule has 2 nitrogen and oxygen atoms in total. The molecule has 0 aliphatic heterocycles. The highest BCUT2D eigenvalue weighted by atomic mass is 32.2. The fourth-order valence-corrected chi connectivity index (χ4v) is 2.40. The molecule has 0 atom stereocenters. The monoisotopic (exact) mass is 222 g/mol. The van der Waals surface area contributed by atoms with E-state index in [1.165, 1.54) is 37.0 Å². The van der Waals surface area contributed by atoms with E-state index in [4.69, 9.17) is 0 Å². The molecule has 82 valence electrons. The second-order valence-corrected chi connectivity index (χ2v) is 4.94. The number of anilines is 1. The van der Waals surface area contributed by atoms with Gasteiger partial charge in [-0.1, -0.05) is 19.3 Å². The first kappa shape index (κ1) is 10.8. The number of pyridine rings is 1. The fourth-order valence-electron chi connectivity index (χ4n) is 2.04. The zero-order valence-corrected chi connectivity index (χ0v) is 10.0. The molecule has 1 heterocycles. The number of nitrogens with one attached hydrogen (secondary N) is 1. The van der Waals surface area contributed by atoms with Gasteiger partial charge in [0.05, 0.1) is 0 Å². The van der Waals surface area contributed by atoms with Crippen molar-refractivity contribution in [1.29, 1.82) is 0 Å². The summed E-state index contributed by atoms with van der Waals surface area (Å²) in [5, 5.41) is 3.51. The second-order valence-electron chi connectivity index (χ2n) is 4.06. The molecule has 3 heteroatoms. The Morgan fingerprint density at radius 3 is 2.67 bits per heavy atom. The van der Waals surface area contributed by atoms with Crippen molar-refractivity contribution in [2.24, 2.45) is 0 Å². The smallest absolute Gasteiger partial charge is 0.126 e. The van der Waals surface area contributed by atoms with Crippen molar-refractivity contribution in [3.8, 4) is 0 Å². The largest absolute Gasteiger partial charge is 0.367 e. The summed E-state index contributed by atoms with van der Waals surface area (Å²) in [5.41, 5.74) is 0. The lowest BCUT2D eigenvalue weighted by atomic mass is 9.95. The zero-order chi connectivity index (χ0) is 10.5. The zero-order valence-electron chi connectivity index (χ0n) is 9.20. The van der Waals surface area contributed by atoms with Gasteiger partial charge in [-0.25, -0.2) is 4.98 Å². The van der Waals surface area contributed by atoms with E-state index < -0.39 is 0 Å². The van der Waals surface area contributed by atoms with Gasteiger partial charge in [0.25, 0.3) is 0 Å². The molecule has 1 saturated carbocycles. The first-order valence-corrected chi connectivity index (χ1v) is 6.87. The van der Waals surface area contributed by atoms with E-state index in [9.17, 15) is 0 Å². The summed E-state index contributed by atoms with van der Waals surface area (Å²) in [4.78, 5) is 5.64. The molecule has 1 aliphatic carbocycles. The lowest BCUT2D eigenvalue weighted by molar-refractivity contribution is 0.462. The maximum Gasteiger partial charge on any atom is 0.126 e.